The summed E-state index contributed by atoms with van der Waals surface area (Å²) in [6.07, 6.45) is -4.76. The topological polar surface area (TPSA) is 56.5 Å². The number of rotatable bonds is 4. The van der Waals surface area contributed by atoms with E-state index in [1.165, 1.54) is 18.2 Å². The van der Waals surface area contributed by atoms with Crippen LogP contribution in [0.25, 0.3) is 11.0 Å². The first-order valence-corrected chi connectivity index (χ1v) is 6.95. The van der Waals surface area contributed by atoms with Crippen molar-refractivity contribution >= 4 is 11.0 Å². The van der Waals surface area contributed by atoms with E-state index in [-0.39, 0.29) is 18.1 Å². The first-order chi connectivity index (χ1) is 11.4. The van der Waals surface area contributed by atoms with Crippen molar-refractivity contribution < 1.29 is 27.8 Å². The zero-order valence-electron chi connectivity index (χ0n) is 12.5. The molecule has 1 N–H and O–H groups in total. The molecule has 1 heterocycles. The molecule has 2 aromatic carbocycles. The summed E-state index contributed by atoms with van der Waals surface area (Å²) in [6.45, 7) is -0.196. The maximum atomic E-state index is 12.3. The zero-order chi connectivity index (χ0) is 17.3. The summed E-state index contributed by atoms with van der Waals surface area (Å²) in [6, 6.07) is 10.3. The van der Waals surface area contributed by atoms with E-state index >= 15 is 0 Å². The van der Waals surface area contributed by atoms with E-state index in [0.717, 1.165) is 11.6 Å². The Bertz CT molecular complexity index is 875. The lowest BCUT2D eigenvalue weighted by atomic mass is 10.3. The number of alkyl halides is 3. The molecule has 1 aromatic heterocycles. The van der Waals surface area contributed by atoms with Crippen molar-refractivity contribution in [3.05, 3.63) is 48.3 Å². The molecule has 3 aromatic rings. The molecule has 0 fully saturated rings. The van der Waals surface area contributed by atoms with Crippen LogP contribution >= 0.6 is 0 Å². The highest BCUT2D eigenvalue weighted by molar-refractivity contribution is 5.77. The third-order valence-corrected chi connectivity index (χ3v) is 3.36. The van der Waals surface area contributed by atoms with Gasteiger partial charge in [-0.2, -0.15) is 0 Å². The molecule has 3 rings (SSSR count). The number of hydrogen-bond donors (Lipinski definition) is 1. The lowest BCUT2D eigenvalue weighted by Gasteiger charge is -2.11. The summed E-state index contributed by atoms with van der Waals surface area (Å²) in [5.41, 5.74) is 1.42. The van der Waals surface area contributed by atoms with Crippen LogP contribution in [0.3, 0.4) is 0 Å². The highest BCUT2D eigenvalue weighted by atomic mass is 19.4. The van der Waals surface area contributed by atoms with Crippen LogP contribution in [-0.2, 0) is 13.7 Å². The number of fused-ring (bicyclic) bond motifs is 1. The molecular formula is C16H13F3N2O3. The minimum absolute atomic E-state index is 0.196. The molecule has 0 radical (unpaired) electrons. The number of halogens is 3. The fraction of sp³-hybridized carbons (Fsp3) is 0.188. The normalized spacial score (nSPS) is 11.7. The fourth-order valence-electron chi connectivity index (χ4n) is 2.30. The van der Waals surface area contributed by atoms with Gasteiger partial charge >= 0.3 is 6.36 Å². The number of aromatic nitrogens is 2. The summed E-state index contributed by atoms with van der Waals surface area (Å²) in [4.78, 5) is 4.25. The Morgan fingerprint density at radius 3 is 2.50 bits per heavy atom. The van der Waals surface area contributed by atoms with Gasteiger partial charge in [-0.05, 0) is 24.3 Å². The Labute approximate surface area is 134 Å². The van der Waals surface area contributed by atoms with Crippen LogP contribution < -0.4 is 9.47 Å². The van der Waals surface area contributed by atoms with Crippen LogP contribution in [-0.4, -0.2) is 21.0 Å². The molecule has 0 amide bonds. The smallest absolute Gasteiger partial charge is 0.457 e. The maximum Gasteiger partial charge on any atom is 0.573 e. The van der Waals surface area contributed by atoms with E-state index in [4.69, 9.17) is 4.74 Å². The van der Waals surface area contributed by atoms with Gasteiger partial charge < -0.3 is 19.1 Å². The number of ether oxygens (including phenoxy) is 2. The molecule has 24 heavy (non-hydrogen) atoms. The van der Waals surface area contributed by atoms with Crippen molar-refractivity contribution in [1.29, 1.82) is 0 Å². The van der Waals surface area contributed by atoms with Crippen molar-refractivity contribution in [1.82, 2.24) is 9.55 Å². The number of benzene rings is 2. The van der Waals surface area contributed by atoms with Crippen LogP contribution in [0.4, 0.5) is 13.2 Å². The summed E-state index contributed by atoms with van der Waals surface area (Å²) >= 11 is 0. The first kappa shape index (κ1) is 16.1. The number of aliphatic hydroxyl groups excluding tert-OH is 1. The molecule has 0 aliphatic heterocycles. The van der Waals surface area contributed by atoms with E-state index < -0.39 is 6.36 Å². The van der Waals surface area contributed by atoms with Crippen LogP contribution in [0.5, 0.6) is 17.2 Å². The molecule has 0 saturated carbocycles. The van der Waals surface area contributed by atoms with Gasteiger partial charge in [-0.1, -0.05) is 6.07 Å². The molecule has 5 nitrogen and oxygen atoms in total. The zero-order valence-corrected chi connectivity index (χ0v) is 12.5. The highest BCUT2D eigenvalue weighted by Crippen LogP contribution is 2.30. The summed E-state index contributed by atoms with van der Waals surface area (Å²) in [5, 5.41) is 9.23. The van der Waals surface area contributed by atoms with Gasteiger partial charge in [-0.25, -0.2) is 4.98 Å². The third-order valence-electron chi connectivity index (χ3n) is 3.36. The van der Waals surface area contributed by atoms with E-state index in [1.54, 1.807) is 29.8 Å². The molecule has 0 unspecified atom stereocenters. The van der Waals surface area contributed by atoms with E-state index in [1.807, 2.05) is 0 Å². The first-order valence-electron chi connectivity index (χ1n) is 6.95. The minimum Gasteiger partial charge on any atom is -0.457 e. The van der Waals surface area contributed by atoms with Gasteiger partial charge in [0.2, 0.25) is 0 Å². The second-order valence-electron chi connectivity index (χ2n) is 5.02. The SMILES string of the molecule is Cn1c(CO)nc2ccc(Oc3cccc(OC(F)(F)F)c3)cc21. The number of imidazole rings is 1. The molecule has 0 aliphatic carbocycles. The van der Waals surface area contributed by atoms with Gasteiger partial charge in [0.05, 0.1) is 11.0 Å². The van der Waals surface area contributed by atoms with Gasteiger partial charge in [0.1, 0.15) is 29.7 Å². The van der Waals surface area contributed by atoms with Gasteiger partial charge in [0.25, 0.3) is 0 Å². The van der Waals surface area contributed by atoms with Crippen LogP contribution in [0.1, 0.15) is 5.82 Å². The molecule has 0 aliphatic rings. The second kappa shape index (κ2) is 6.04. The number of aryl methyl sites for hydroxylation is 1. The molecule has 126 valence electrons. The van der Waals surface area contributed by atoms with Gasteiger partial charge in [0, 0.05) is 19.2 Å². The monoisotopic (exact) mass is 338 g/mol. The van der Waals surface area contributed by atoms with Crippen molar-refractivity contribution in [2.45, 2.75) is 13.0 Å². The predicted molar refractivity (Wildman–Crippen MR) is 79.8 cm³/mol. The van der Waals surface area contributed by atoms with Crippen molar-refractivity contribution in [3.8, 4) is 17.2 Å². The number of hydrogen-bond acceptors (Lipinski definition) is 4. The lowest BCUT2D eigenvalue weighted by molar-refractivity contribution is -0.274. The molecule has 0 atom stereocenters. The molecule has 0 saturated heterocycles. The lowest BCUT2D eigenvalue weighted by Crippen LogP contribution is -2.16. The Morgan fingerprint density at radius 1 is 1.08 bits per heavy atom. The summed E-state index contributed by atoms with van der Waals surface area (Å²) in [7, 11) is 1.75. The van der Waals surface area contributed by atoms with Crippen molar-refractivity contribution in [2.24, 2.45) is 7.05 Å². The number of nitrogens with zero attached hydrogens (tertiary/aromatic N) is 2. The Hall–Kier alpha value is -2.74. The highest BCUT2D eigenvalue weighted by Gasteiger charge is 2.31. The van der Waals surface area contributed by atoms with Gasteiger partial charge in [0.15, 0.2) is 0 Å². The average Bonchev–Trinajstić information content (AvgIpc) is 2.82. The number of aliphatic hydroxyl groups is 1. The minimum atomic E-state index is -4.76. The van der Waals surface area contributed by atoms with E-state index in [0.29, 0.717) is 17.1 Å². The fourth-order valence-corrected chi connectivity index (χ4v) is 2.30. The standard InChI is InChI=1S/C16H13F3N2O3/c1-21-14-8-11(5-6-13(14)20-15(21)9-22)23-10-3-2-4-12(7-10)24-16(17,18)19/h2-8,22H,9H2,1H3. The second-order valence-corrected chi connectivity index (χ2v) is 5.02. The van der Waals surface area contributed by atoms with Gasteiger partial charge in [-0.15, -0.1) is 13.2 Å². The quantitative estimate of drug-likeness (QED) is 0.787. The summed E-state index contributed by atoms with van der Waals surface area (Å²) < 4.78 is 48.0. The van der Waals surface area contributed by atoms with Gasteiger partial charge in [-0.3, -0.25) is 0 Å². The maximum absolute atomic E-state index is 12.3. The van der Waals surface area contributed by atoms with Crippen molar-refractivity contribution in [2.75, 3.05) is 0 Å². The van der Waals surface area contributed by atoms with Crippen LogP contribution in [0.2, 0.25) is 0 Å². The van der Waals surface area contributed by atoms with Crippen molar-refractivity contribution in [3.63, 3.8) is 0 Å². The Kier molecular flexibility index (Phi) is 4.06. The summed E-state index contributed by atoms with van der Waals surface area (Å²) in [5.74, 6) is 0.784. The molecular weight excluding hydrogens is 325 g/mol. The largest absolute Gasteiger partial charge is 0.573 e. The van der Waals surface area contributed by atoms with Crippen LogP contribution in [0.15, 0.2) is 42.5 Å². The molecule has 0 bridgehead atoms. The Balaban J connectivity index is 1.87. The molecule has 0 spiro atoms. The van der Waals surface area contributed by atoms with Crippen LogP contribution in [0, 0.1) is 0 Å². The molecule has 8 heteroatoms. The Morgan fingerprint density at radius 2 is 1.79 bits per heavy atom. The third kappa shape index (κ3) is 3.43. The predicted octanol–water partition coefficient (Wildman–Crippen LogP) is 3.76. The van der Waals surface area contributed by atoms with E-state index in [2.05, 4.69) is 9.72 Å². The average molecular weight is 338 g/mol. The van der Waals surface area contributed by atoms with E-state index in [9.17, 15) is 18.3 Å².